The van der Waals surface area contributed by atoms with E-state index < -0.39 is 5.41 Å². The number of imidazole rings is 1. The van der Waals surface area contributed by atoms with Crippen LogP contribution in [0.15, 0.2) is 24.3 Å². The van der Waals surface area contributed by atoms with Crippen molar-refractivity contribution in [3.8, 4) is 0 Å². The summed E-state index contributed by atoms with van der Waals surface area (Å²) in [6.07, 6.45) is 1.34. The largest absolute Gasteiger partial charge is 0.381 e. The molecule has 3 rings (SSSR count). The van der Waals surface area contributed by atoms with Crippen molar-refractivity contribution in [2.45, 2.75) is 25.8 Å². The molecule has 1 unspecified atom stereocenters. The van der Waals surface area contributed by atoms with Gasteiger partial charge in [0, 0.05) is 26.8 Å². The molecule has 1 aromatic heterocycles. The molecule has 0 spiro atoms. The average Bonchev–Trinajstić information content (AvgIpc) is 2.93. The summed E-state index contributed by atoms with van der Waals surface area (Å²) in [5.74, 6) is 0.849. The van der Waals surface area contributed by atoms with Crippen LogP contribution in [0.1, 0.15) is 31.6 Å². The van der Waals surface area contributed by atoms with E-state index in [-0.39, 0.29) is 36.8 Å². The Kier molecular flexibility index (Phi) is 7.68. The quantitative estimate of drug-likeness (QED) is 0.841. The Hall–Kier alpha value is -1.34. The van der Waals surface area contributed by atoms with Crippen LogP contribution in [-0.4, -0.2) is 35.2 Å². The van der Waals surface area contributed by atoms with Gasteiger partial charge < -0.3 is 20.4 Å². The third-order valence-electron chi connectivity index (χ3n) is 4.88. The lowest BCUT2D eigenvalue weighted by molar-refractivity contribution is -0.136. The Morgan fingerprint density at radius 2 is 2.00 bits per heavy atom. The molecule has 0 radical (unpaired) electrons. The number of hydrogen-bond donors (Lipinski definition) is 2. The average molecular weight is 389 g/mol. The van der Waals surface area contributed by atoms with Gasteiger partial charge in [0.2, 0.25) is 5.91 Å². The number of benzene rings is 1. The van der Waals surface area contributed by atoms with E-state index in [2.05, 4.69) is 10.3 Å². The van der Waals surface area contributed by atoms with Gasteiger partial charge in [0.05, 0.1) is 22.5 Å². The Morgan fingerprint density at radius 3 is 2.60 bits per heavy atom. The molecule has 1 saturated heterocycles. The van der Waals surface area contributed by atoms with E-state index in [9.17, 15) is 4.79 Å². The molecule has 0 saturated carbocycles. The number of nitrogens with two attached hydrogens (primary N) is 1. The molecular weight excluding hydrogens is 363 g/mol. The topological polar surface area (TPSA) is 82.2 Å². The van der Waals surface area contributed by atoms with Crippen LogP contribution in [0.3, 0.4) is 0 Å². The molecule has 2 heterocycles. The number of aromatic nitrogens is 2. The molecule has 1 amide bonds. The van der Waals surface area contributed by atoms with Crippen LogP contribution in [0.5, 0.6) is 0 Å². The van der Waals surface area contributed by atoms with E-state index in [1.165, 1.54) is 0 Å². The van der Waals surface area contributed by atoms with Crippen LogP contribution in [0, 0.1) is 5.41 Å². The number of fused-ring (bicyclic) bond motifs is 1. The highest BCUT2D eigenvalue weighted by atomic mass is 35.5. The first-order chi connectivity index (χ1) is 11.1. The van der Waals surface area contributed by atoms with Crippen LogP contribution < -0.4 is 11.1 Å². The van der Waals surface area contributed by atoms with E-state index in [0.29, 0.717) is 32.6 Å². The van der Waals surface area contributed by atoms with Gasteiger partial charge in [-0.2, -0.15) is 0 Å². The highest BCUT2D eigenvalue weighted by Crippen LogP contribution is 2.30. The number of aryl methyl sites for hydroxylation is 1. The number of nitrogens with zero attached hydrogens (tertiary/aromatic N) is 2. The van der Waals surface area contributed by atoms with E-state index in [1.54, 1.807) is 0 Å². The number of hydrogen-bond acceptors (Lipinski definition) is 4. The second-order valence-electron chi connectivity index (χ2n) is 6.31. The standard InChI is InChI=1S/C17H24N4O2.2ClH/c1-12(15-20-13-5-3-4-6-14(13)21(15)2)19-16(22)17(11-18)7-9-23-10-8-17;;/h3-6,12H,7-11,18H2,1-2H3,(H,19,22);2*1H. The van der Waals surface area contributed by atoms with Crippen molar-refractivity contribution in [2.75, 3.05) is 19.8 Å². The molecule has 8 heteroatoms. The minimum absolute atomic E-state index is 0. The number of carbonyl (C=O) groups is 1. The third kappa shape index (κ3) is 4.08. The molecule has 1 atom stereocenters. The fraction of sp³-hybridized carbons (Fsp3) is 0.529. The minimum atomic E-state index is -0.517. The molecule has 3 N–H and O–H groups in total. The van der Waals surface area contributed by atoms with Gasteiger partial charge in [-0.3, -0.25) is 4.79 Å². The van der Waals surface area contributed by atoms with Gasteiger partial charge in [0.25, 0.3) is 0 Å². The van der Waals surface area contributed by atoms with E-state index >= 15 is 0 Å². The van der Waals surface area contributed by atoms with Crippen LogP contribution in [0.2, 0.25) is 0 Å². The first-order valence-corrected chi connectivity index (χ1v) is 8.07. The number of nitrogens with one attached hydrogen (secondary N) is 1. The van der Waals surface area contributed by atoms with Gasteiger partial charge in [0.1, 0.15) is 5.82 Å². The predicted molar refractivity (Wildman–Crippen MR) is 103 cm³/mol. The number of amides is 1. The maximum atomic E-state index is 12.8. The van der Waals surface area contributed by atoms with Gasteiger partial charge >= 0.3 is 0 Å². The second kappa shape index (κ2) is 8.85. The lowest BCUT2D eigenvalue weighted by Crippen LogP contribution is -2.49. The summed E-state index contributed by atoms with van der Waals surface area (Å²) in [6.45, 7) is 3.48. The third-order valence-corrected chi connectivity index (χ3v) is 4.88. The van der Waals surface area contributed by atoms with Gasteiger partial charge in [0.15, 0.2) is 0 Å². The number of carbonyl (C=O) groups excluding carboxylic acids is 1. The maximum absolute atomic E-state index is 12.8. The molecule has 0 bridgehead atoms. The van der Waals surface area contributed by atoms with Crippen LogP contribution in [0.4, 0.5) is 0 Å². The lowest BCUT2D eigenvalue weighted by atomic mass is 9.79. The van der Waals surface area contributed by atoms with E-state index in [1.807, 2.05) is 42.8 Å². The Bertz CT molecular complexity index is 714. The van der Waals surface area contributed by atoms with Crippen LogP contribution >= 0.6 is 24.8 Å². The van der Waals surface area contributed by atoms with Gasteiger partial charge in [-0.25, -0.2) is 4.98 Å². The highest BCUT2D eigenvalue weighted by Gasteiger charge is 2.39. The first-order valence-electron chi connectivity index (χ1n) is 8.07. The Balaban J connectivity index is 0.00000156. The van der Waals surface area contributed by atoms with E-state index in [4.69, 9.17) is 10.5 Å². The molecule has 1 aliphatic rings. The van der Waals surface area contributed by atoms with Crippen molar-refractivity contribution in [2.24, 2.45) is 18.2 Å². The van der Waals surface area contributed by atoms with Gasteiger partial charge in [-0.1, -0.05) is 12.1 Å². The minimum Gasteiger partial charge on any atom is -0.381 e. The van der Waals surface area contributed by atoms with Gasteiger partial charge in [-0.15, -0.1) is 24.8 Å². The zero-order chi connectivity index (χ0) is 16.4. The molecular formula is C17H26Cl2N4O2. The van der Waals surface area contributed by atoms with Crippen molar-refractivity contribution in [3.05, 3.63) is 30.1 Å². The predicted octanol–water partition coefficient (Wildman–Crippen LogP) is 2.35. The number of rotatable bonds is 4. The molecule has 1 aliphatic heterocycles. The molecule has 1 aromatic carbocycles. The molecule has 6 nitrogen and oxygen atoms in total. The summed E-state index contributed by atoms with van der Waals surface area (Å²) in [4.78, 5) is 17.4. The summed E-state index contributed by atoms with van der Waals surface area (Å²) in [7, 11) is 1.97. The summed E-state index contributed by atoms with van der Waals surface area (Å²) < 4.78 is 7.40. The molecule has 0 aliphatic carbocycles. The fourth-order valence-corrected chi connectivity index (χ4v) is 3.25. The fourth-order valence-electron chi connectivity index (χ4n) is 3.25. The first kappa shape index (κ1) is 21.7. The molecule has 2 aromatic rings. The summed E-state index contributed by atoms with van der Waals surface area (Å²) in [5, 5.41) is 3.10. The zero-order valence-corrected chi connectivity index (χ0v) is 16.2. The number of halogens is 2. The summed E-state index contributed by atoms with van der Waals surface area (Å²) in [6, 6.07) is 7.79. The van der Waals surface area contributed by atoms with Crippen LogP contribution in [-0.2, 0) is 16.6 Å². The normalized spacial score (nSPS) is 17.2. The van der Waals surface area contributed by atoms with Crippen molar-refractivity contribution < 1.29 is 9.53 Å². The Labute approximate surface area is 160 Å². The molecule has 1 fully saturated rings. The lowest BCUT2D eigenvalue weighted by Gasteiger charge is -2.35. The Morgan fingerprint density at radius 1 is 1.36 bits per heavy atom. The summed E-state index contributed by atoms with van der Waals surface area (Å²) in [5.41, 5.74) is 7.39. The van der Waals surface area contributed by atoms with Crippen molar-refractivity contribution in [3.63, 3.8) is 0 Å². The van der Waals surface area contributed by atoms with Crippen molar-refractivity contribution in [1.29, 1.82) is 0 Å². The number of para-hydroxylation sites is 2. The van der Waals surface area contributed by atoms with E-state index in [0.717, 1.165) is 16.9 Å². The van der Waals surface area contributed by atoms with Crippen LogP contribution in [0.25, 0.3) is 11.0 Å². The smallest absolute Gasteiger partial charge is 0.228 e. The molecule has 140 valence electrons. The van der Waals surface area contributed by atoms with Crippen molar-refractivity contribution in [1.82, 2.24) is 14.9 Å². The van der Waals surface area contributed by atoms with Crippen molar-refractivity contribution >= 4 is 41.8 Å². The zero-order valence-electron chi connectivity index (χ0n) is 14.5. The summed E-state index contributed by atoms with van der Waals surface area (Å²) >= 11 is 0. The SMILES string of the molecule is CC(NC(=O)C1(CN)CCOCC1)c1nc2ccccc2n1C.Cl.Cl. The van der Waals surface area contributed by atoms with Gasteiger partial charge in [-0.05, 0) is 31.9 Å². The molecule has 25 heavy (non-hydrogen) atoms. The number of ether oxygens (including phenoxy) is 1. The monoisotopic (exact) mass is 388 g/mol. The highest BCUT2D eigenvalue weighted by molar-refractivity contribution is 5.85. The second-order valence-corrected chi connectivity index (χ2v) is 6.31. The maximum Gasteiger partial charge on any atom is 0.228 e.